The fourth-order valence-corrected chi connectivity index (χ4v) is 2.79. The minimum absolute atomic E-state index is 0.280. The Labute approximate surface area is 125 Å². The fraction of sp³-hybridized carbons (Fsp3) is 0.562. The van der Waals surface area contributed by atoms with Crippen LogP contribution in [0.5, 0.6) is 0 Å². The van der Waals surface area contributed by atoms with E-state index in [4.69, 9.17) is 5.11 Å². The van der Waals surface area contributed by atoms with Crippen LogP contribution in [0.15, 0.2) is 18.2 Å². The first kappa shape index (κ1) is 15.8. The van der Waals surface area contributed by atoms with Crippen LogP contribution in [0.3, 0.4) is 0 Å². The van der Waals surface area contributed by atoms with Crippen LogP contribution in [0.1, 0.15) is 43.5 Å². The Morgan fingerprint density at radius 3 is 2.81 bits per heavy atom. The number of nitrogens with zero attached hydrogens (tertiary/aromatic N) is 1. The molecule has 0 aliphatic carbocycles. The first-order valence-corrected chi connectivity index (χ1v) is 7.51. The van der Waals surface area contributed by atoms with Gasteiger partial charge in [0, 0.05) is 24.3 Å². The summed E-state index contributed by atoms with van der Waals surface area (Å²) < 4.78 is 13.4. The standard InChI is InChI=1S/C16H23FN2O2/c1-11(2)19-8-3-4-12(7-9-19)18-13-5-6-15(17)14(10-13)16(20)21/h5-6,10-12,18H,3-4,7-9H2,1-2H3,(H,20,21). The summed E-state index contributed by atoms with van der Waals surface area (Å²) in [6, 6.07) is 5.05. The zero-order valence-electron chi connectivity index (χ0n) is 12.6. The van der Waals surface area contributed by atoms with Crippen molar-refractivity contribution in [3.8, 4) is 0 Å². The maximum Gasteiger partial charge on any atom is 0.338 e. The number of carboxylic acid groups (broad SMARTS) is 1. The minimum atomic E-state index is -1.23. The van der Waals surface area contributed by atoms with Crippen molar-refractivity contribution in [1.29, 1.82) is 0 Å². The first-order valence-electron chi connectivity index (χ1n) is 7.51. The maximum atomic E-state index is 13.4. The molecule has 21 heavy (non-hydrogen) atoms. The molecule has 2 rings (SSSR count). The molecule has 4 nitrogen and oxygen atoms in total. The van der Waals surface area contributed by atoms with Gasteiger partial charge in [0.2, 0.25) is 0 Å². The molecule has 1 aliphatic rings. The van der Waals surface area contributed by atoms with Crippen molar-refractivity contribution in [3.05, 3.63) is 29.6 Å². The van der Waals surface area contributed by atoms with Crippen LogP contribution >= 0.6 is 0 Å². The zero-order chi connectivity index (χ0) is 15.4. The number of carboxylic acids is 1. The van der Waals surface area contributed by atoms with E-state index >= 15 is 0 Å². The topological polar surface area (TPSA) is 52.6 Å². The lowest BCUT2D eigenvalue weighted by Crippen LogP contribution is -2.32. The third kappa shape index (κ3) is 4.17. The molecular weight excluding hydrogens is 271 g/mol. The smallest absolute Gasteiger partial charge is 0.338 e. The molecule has 1 atom stereocenters. The van der Waals surface area contributed by atoms with Gasteiger partial charge in [-0.1, -0.05) is 0 Å². The summed E-state index contributed by atoms with van der Waals surface area (Å²) in [4.78, 5) is 13.4. The summed E-state index contributed by atoms with van der Waals surface area (Å²) in [6.07, 6.45) is 3.17. The van der Waals surface area contributed by atoms with Crippen LogP contribution in [0, 0.1) is 5.82 Å². The van der Waals surface area contributed by atoms with Gasteiger partial charge in [0.05, 0.1) is 5.56 Å². The van der Waals surface area contributed by atoms with Gasteiger partial charge >= 0.3 is 5.97 Å². The van der Waals surface area contributed by atoms with E-state index in [1.54, 1.807) is 6.07 Å². The summed E-state index contributed by atoms with van der Waals surface area (Å²) in [5.74, 6) is -1.93. The molecular formula is C16H23FN2O2. The first-order chi connectivity index (χ1) is 9.97. The third-order valence-electron chi connectivity index (χ3n) is 4.06. The van der Waals surface area contributed by atoms with E-state index in [0.717, 1.165) is 32.4 Å². The van der Waals surface area contributed by atoms with Crippen LogP contribution < -0.4 is 5.32 Å². The van der Waals surface area contributed by atoms with E-state index in [1.165, 1.54) is 12.1 Å². The Kier molecular flexibility index (Phi) is 5.17. The van der Waals surface area contributed by atoms with Crippen molar-refractivity contribution in [2.45, 2.75) is 45.2 Å². The van der Waals surface area contributed by atoms with Crippen molar-refractivity contribution in [1.82, 2.24) is 4.90 Å². The van der Waals surface area contributed by atoms with Crippen molar-refractivity contribution in [3.63, 3.8) is 0 Å². The van der Waals surface area contributed by atoms with Gasteiger partial charge in [0.25, 0.3) is 0 Å². The van der Waals surface area contributed by atoms with Crippen LogP contribution in [0.25, 0.3) is 0 Å². The lowest BCUT2D eigenvalue weighted by atomic mass is 10.1. The van der Waals surface area contributed by atoms with Crippen molar-refractivity contribution in [2.75, 3.05) is 18.4 Å². The normalized spacial score (nSPS) is 20.3. The van der Waals surface area contributed by atoms with E-state index in [9.17, 15) is 9.18 Å². The van der Waals surface area contributed by atoms with Gasteiger partial charge in [0.15, 0.2) is 0 Å². The summed E-state index contributed by atoms with van der Waals surface area (Å²) in [6.45, 7) is 6.53. The molecule has 1 unspecified atom stereocenters. The van der Waals surface area contributed by atoms with Crippen molar-refractivity contribution < 1.29 is 14.3 Å². The average molecular weight is 294 g/mol. The summed E-state index contributed by atoms with van der Waals surface area (Å²) in [7, 11) is 0. The van der Waals surface area contributed by atoms with Gasteiger partial charge in [-0.25, -0.2) is 9.18 Å². The number of rotatable bonds is 4. The van der Waals surface area contributed by atoms with Gasteiger partial charge in [-0.3, -0.25) is 0 Å². The summed E-state index contributed by atoms with van der Waals surface area (Å²) in [5, 5.41) is 12.3. The van der Waals surface area contributed by atoms with E-state index in [-0.39, 0.29) is 5.56 Å². The van der Waals surface area contributed by atoms with E-state index in [1.807, 2.05) is 0 Å². The number of hydrogen-bond donors (Lipinski definition) is 2. The largest absolute Gasteiger partial charge is 0.478 e. The Morgan fingerprint density at radius 2 is 2.14 bits per heavy atom. The van der Waals surface area contributed by atoms with E-state index in [0.29, 0.717) is 17.8 Å². The van der Waals surface area contributed by atoms with Crippen LogP contribution in [0.4, 0.5) is 10.1 Å². The Balaban J connectivity index is 2.01. The van der Waals surface area contributed by atoms with Gasteiger partial charge < -0.3 is 15.3 Å². The Morgan fingerprint density at radius 1 is 1.38 bits per heavy atom. The van der Waals surface area contributed by atoms with E-state index in [2.05, 4.69) is 24.1 Å². The molecule has 2 N–H and O–H groups in total. The predicted molar refractivity (Wildman–Crippen MR) is 81.3 cm³/mol. The number of carbonyl (C=O) groups is 1. The minimum Gasteiger partial charge on any atom is -0.478 e. The maximum absolute atomic E-state index is 13.4. The second-order valence-electron chi connectivity index (χ2n) is 5.90. The lowest BCUT2D eigenvalue weighted by molar-refractivity contribution is 0.0692. The van der Waals surface area contributed by atoms with Gasteiger partial charge in [-0.2, -0.15) is 0 Å². The third-order valence-corrected chi connectivity index (χ3v) is 4.06. The molecule has 1 aliphatic heterocycles. The number of halogens is 1. The highest BCUT2D eigenvalue weighted by Crippen LogP contribution is 2.20. The molecule has 1 aromatic rings. The van der Waals surface area contributed by atoms with E-state index < -0.39 is 11.8 Å². The number of benzene rings is 1. The number of anilines is 1. The second-order valence-corrected chi connectivity index (χ2v) is 5.90. The van der Waals surface area contributed by atoms with Gasteiger partial charge in [0.1, 0.15) is 5.82 Å². The van der Waals surface area contributed by atoms with Gasteiger partial charge in [-0.15, -0.1) is 0 Å². The fourth-order valence-electron chi connectivity index (χ4n) is 2.79. The second kappa shape index (κ2) is 6.89. The lowest BCUT2D eigenvalue weighted by Gasteiger charge is -2.24. The molecule has 0 spiro atoms. The quantitative estimate of drug-likeness (QED) is 0.895. The molecule has 1 heterocycles. The zero-order valence-corrected chi connectivity index (χ0v) is 12.6. The molecule has 0 saturated carbocycles. The Hall–Kier alpha value is -1.62. The van der Waals surface area contributed by atoms with Crippen LogP contribution in [-0.2, 0) is 0 Å². The molecule has 0 aromatic heterocycles. The molecule has 0 radical (unpaired) electrons. The highest BCUT2D eigenvalue weighted by atomic mass is 19.1. The highest BCUT2D eigenvalue weighted by molar-refractivity contribution is 5.89. The number of hydrogen-bond acceptors (Lipinski definition) is 3. The summed E-state index contributed by atoms with van der Waals surface area (Å²) in [5.41, 5.74) is 0.397. The molecule has 0 amide bonds. The monoisotopic (exact) mass is 294 g/mol. The number of likely N-dealkylation sites (tertiary alicyclic amines) is 1. The molecule has 1 aromatic carbocycles. The van der Waals surface area contributed by atoms with Crippen molar-refractivity contribution >= 4 is 11.7 Å². The molecule has 5 heteroatoms. The number of nitrogens with one attached hydrogen (secondary N) is 1. The van der Waals surface area contributed by atoms with Gasteiger partial charge in [-0.05, 0) is 57.9 Å². The van der Waals surface area contributed by atoms with Crippen LogP contribution in [0.2, 0.25) is 0 Å². The average Bonchev–Trinajstić information content (AvgIpc) is 2.66. The molecule has 116 valence electrons. The van der Waals surface area contributed by atoms with Crippen molar-refractivity contribution in [2.24, 2.45) is 0 Å². The van der Waals surface area contributed by atoms with Crippen LogP contribution in [-0.4, -0.2) is 41.1 Å². The molecule has 1 fully saturated rings. The predicted octanol–water partition coefficient (Wildman–Crippen LogP) is 3.20. The summed E-state index contributed by atoms with van der Waals surface area (Å²) >= 11 is 0. The molecule has 1 saturated heterocycles. The Bertz CT molecular complexity index is 505. The SMILES string of the molecule is CC(C)N1CCCC(Nc2ccc(F)c(C(=O)O)c2)CC1. The number of aromatic carboxylic acids is 1. The molecule has 0 bridgehead atoms. The highest BCUT2D eigenvalue weighted by Gasteiger charge is 2.19.